The quantitative estimate of drug-likeness (QED) is 0.689. The van der Waals surface area contributed by atoms with Gasteiger partial charge in [-0.1, -0.05) is 38.0 Å². The molecule has 0 spiro atoms. The van der Waals surface area contributed by atoms with E-state index in [-0.39, 0.29) is 5.91 Å². The van der Waals surface area contributed by atoms with E-state index in [1.165, 1.54) is 12.8 Å². The minimum Gasteiger partial charge on any atom is -0.369 e. The zero-order valence-corrected chi connectivity index (χ0v) is 10.8. The van der Waals surface area contributed by atoms with E-state index in [4.69, 9.17) is 5.73 Å². The highest BCUT2D eigenvalue weighted by Gasteiger charge is 2.27. The predicted molar refractivity (Wildman–Crippen MR) is 71.6 cm³/mol. The van der Waals surface area contributed by atoms with Crippen LogP contribution in [0, 0.1) is 0 Å². The van der Waals surface area contributed by atoms with Crippen molar-refractivity contribution < 1.29 is 4.79 Å². The molecule has 0 saturated carbocycles. The summed E-state index contributed by atoms with van der Waals surface area (Å²) in [5.41, 5.74) is 5.34. The van der Waals surface area contributed by atoms with Crippen LogP contribution < -0.4 is 5.73 Å². The number of amides is 1. The zero-order chi connectivity index (χ0) is 12.7. The van der Waals surface area contributed by atoms with Gasteiger partial charge in [-0.25, -0.2) is 0 Å². The molecule has 1 aliphatic heterocycles. The Balaban J connectivity index is 2.70. The summed E-state index contributed by atoms with van der Waals surface area (Å²) in [7, 11) is 0. The van der Waals surface area contributed by atoms with Crippen molar-refractivity contribution in [1.82, 2.24) is 4.90 Å². The summed E-state index contributed by atoms with van der Waals surface area (Å²) in [5, 5.41) is 0. The number of nitrogens with zero attached hydrogens (tertiary/aromatic N) is 1. The number of carbonyl (C=O) groups is 1. The standard InChI is InChI=1S/C14H24N2O/c1-3-5-8-13-10-6-9-12(7-4-2)16(13)11-14(15)17/h4,6,10,12-13H,2-3,5,7-9,11H2,1H3,(H2,15,17)/t12-,13-/m0/s1. The van der Waals surface area contributed by atoms with Crippen molar-refractivity contribution in [3.8, 4) is 0 Å². The molecule has 1 rings (SSSR count). The first-order valence-electron chi connectivity index (χ1n) is 6.50. The van der Waals surface area contributed by atoms with E-state index in [0.717, 1.165) is 19.3 Å². The van der Waals surface area contributed by atoms with Crippen LogP contribution in [0.1, 0.15) is 39.0 Å². The Morgan fingerprint density at radius 2 is 2.41 bits per heavy atom. The third-order valence-electron chi connectivity index (χ3n) is 3.29. The number of nitrogens with two attached hydrogens (primary N) is 1. The fourth-order valence-electron chi connectivity index (χ4n) is 2.44. The second-order valence-corrected chi connectivity index (χ2v) is 4.69. The maximum Gasteiger partial charge on any atom is 0.231 e. The number of hydrogen-bond donors (Lipinski definition) is 1. The average molecular weight is 236 g/mol. The molecule has 0 fully saturated rings. The fraction of sp³-hybridized carbons (Fsp3) is 0.643. The molecular weight excluding hydrogens is 212 g/mol. The first kappa shape index (κ1) is 14.0. The Bertz CT molecular complexity index is 286. The molecule has 1 amide bonds. The third kappa shape index (κ3) is 4.35. The van der Waals surface area contributed by atoms with Gasteiger partial charge in [0.2, 0.25) is 5.91 Å². The number of hydrogen-bond acceptors (Lipinski definition) is 2. The van der Waals surface area contributed by atoms with Crippen LogP contribution >= 0.6 is 0 Å². The van der Waals surface area contributed by atoms with Crippen molar-refractivity contribution in [3.05, 3.63) is 24.8 Å². The summed E-state index contributed by atoms with van der Waals surface area (Å²) < 4.78 is 0. The normalized spacial score (nSPS) is 24.8. The van der Waals surface area contributed by atoms with Crippen molar-refractivity contribution in [2.75, 3.05) is 6.54 Å². The van der Waals surface area contributed by atoms with E-state index >= 15 is 0 Å². The first-order chi connectivity index (χ1) is 8.19. The Morgan fingerprint density at radius 1 is 1.65 bits per heavy atom. The predicted octanol–water partition coefficient (Wildman–Crippen LogP) is 2.24. The molecule has 0 aromatic carbocycles. The highest BCUT2D eigenvalue weighted by atomic mass is 16.1. The lowest BCUT2D eigenvalue weighted by Gasteiger charge is -2.38. The van der Waals surface area contributed by atoms with Gasteiger partial charge in [-0.15, -0.1) is 6.58 Å². The maximum atomic E-state index is 11.2. The van der Waals surface area contributed by atoms with Gasteiger partial charge in [-0.05, 0) is 19.3 Å². The lowest BCUT2D eigenvalue weighted by atomic mass is 9.96. The van der Waals surface area contributed by atoms with Crippen LogP contribution in [-0.2, 0) is 4.79 Å². The van der Waals surface area contributed by atoms with E-state index in [2.05, 4.69) is 30.6 Å². The second kappa shape index (κ2) is 7.28. The largest absolute Gasteiger partial charge is 0.369 e. The van der Waals surface area contributed by atoms with Crippen molar-refractivity contribution >= 4 is 5.91 Å². The molecule has 0 aromatic heterocycles. The monoisotopic (exact) mass is 236 g/mol. The van der Waals surface area contributed by atoms with Crippen LogP contribution in [0.25, 0.3) is 0 Å². The van der Waals surface area contributed by atoms with E-state index in [9.17, 15) is 4.79 Å². The summed E-state index contributed by atoms with van der Waals surface area (Å²) in [5.74, 6) is -0.240. The summed E-state index contributed by atoms with van der Waals surface area (Å²) in [6.07, 6.45) is 11.8. The fourth-order valence-corrected chi connectivity index (χ4v) is 2.44. The molecule has 0 aliphatic carbocycles. The van der Waals surface area contributed by atoms with E-state index in [1.807, 2.05) is 6.08 Å². The third-order valence-corrected chi connectivity index (χ3v) is 3.29. The molecule has 0 bridgehead atoms. The van der Waals surface area contributed by atoms with E-state index < -0.39 is 0 Å². The number of rotatable bonds is 7. The van der Waals surface area contributed by atoms with Gasteiger partial charge in [0.25, 0.3) is 0 Å². The number of unbranched alkanes of at least 4 members (excludes halogenated alkanes) is 1. The molecular formula is C14H24N2O. The SMILES string of the molecule is C=CC[C@H]1CC=C[C@H](CCCC)N1CC(N)=O. The smallest absolute Gasteiger partial charge is 0.231 e. The highest BCUT2D eigenvalue weighted by Crippen LogP contribution is 2.23. The van der Waals surface area contributed by atoms with Crippen LogP contribution in [0.15, 0.2) is 24.8 Å². The molecule has 0 aromatic rings. The van der Waals surface area contributed by atoms with E-state index in [1.54, 1.807) is 0 Å². The van der Waals surface area contributed by atoms with Gasteiger partial charge in [-0.2, -0.15) is 0 Å². The highest BCUT2D eigenvalue weighted by molar-refractivity contribution is 5.76. The molecule has 0 unspecified atom stereocenters. The average Bonchev–Trinajstić information content (AvgIpc) is 2.29. The van der Waals surface area contributed by atoms with Crippen molar-refractivity contribution in [3.63, 3.8) is 0 Å². The number of carbonyl (C=O) groups excluding carboxylic acids is 1. The molecule has 2 atom stereocenters. The van der Waals surface area contributed by atoms with Crippen LogP contribution in [-0.4, -0.2) is 29.4 Å². The van der Waals surface area contributed by atoms with Gasteiger partial charge < -0.3 is 5.73 Å². The second-order valence-electron chi connectivity index (χ2n) is 4.69. The topological polar surface area (TPSA) is 46.3 Å². The lowest BCUT2D eigenvalue weighted by molar-refractivity contribution is -0.120. The molecule has 96 valence electrons. The molecule has 0 saturated heterocycles. The Labute approximate surface area is 104 Å². The van der Waals surface area contributed by atoms with Crippen molar-refractivity contribution in [2.24, 2.45) is 5.73 Å². The molecule has 1 aliphatic rings. The van der Waals surface area contributed by atoms with Crippen LogP contribution in [0.4, 0.5) is 0 Å². The van der Waals surface area contributed by atoms with Crippen molar-refractivity contribution in [1.29, 1.82) is 0 Å². The Morgan fingerprint density at radius 3 is 3.00 bits per heavy atom. The molecule has 3 nitrogen and oxygen atoms in total. The summed E-state index contributed by atoms with van der Waals surface area (Å²) in [6.45, 7) is 6.33. The maximum absolute atomic E-state index is 11.2. The van der Waals surface area contributed by atoms with Gasteiger partial charge in [-0.3, -0.25) is 9.69 Å². The molecule has 3 heteroatoms. The molecule has 2 N–H and O–H groups in total. The minimum absolute atomic E-state index is 0.240. The van der Waals surface area contributed by atoms with Crippen LogP contribution in [0.2, 0.25) is 0 Å². The summed E-state index contributed by atoms with van der Waals surface area (Å²) in [6, 6.07) is 0.744. The summed E-state index contributed by atoms with van der Waals surface area (Å²) in [4.78, 5) is 13.4. The lowest BCUT2D eigenvalue weighted by Crippen LogP contribution is -2.48. The van der Waals surface area contributed by atoms with Gasteiger partial charge in [0, 0.05) is 12.1 Å². The van der Waals surface area contributed by atoms with Crippen LogP contribution in [0.5, 0.6) is 0 Å². The molecule has 0 radical (unpaired) electrons. The molecule has 17 heavy (non-hydrogen) atoms. The van der Waals surface area contributed by atoms with Crippen LogP contribution in [0.3, 0.4) is 0 Å². The summed E-state index contributed by atoms with van der Waals surface area (Å²) >= 11 is 0. The van der Waals surface area contributed by atoms with Gasteiger partial charge in [0.1, 0.15) is 0 Å². The van der Waals surface area contributed by atoms with Gasteiger partial charge in [0.15, 0.2) is 0 Å². The van der Waals surface area contributed by atoms with Gasteiger partial charge >= 0.3 is 0 Å². The molecule has 1 heterocycles. The zero-order valence-electron chi connectivity index (χ0n) is 10.8. The van der Waals surface area contributed by atoms with E-state index in [0.29, 0.717) is 18.6 Å². The number of primary amides is 1. The van der Waals surface area contributed by atoms with Gasteiger partial charge in [0.05, 0.1) is 6.54 Å². The van der Waals surface area contributed by atoms with Crippen molar-refractivity contribution in [2.45, 2.75) is 51.1 Å². The Hall–Kier alpha value is -1.09. The minimum atomic E-state index is -0.240. The first-order valence-corrected chi connectivity index (χ1v) is 6.50. The Kier molecular flexibility index (Phi) is 5.98.